The van der Waals surface area contributed by atoms with Gasteiger partial charge in [-0.25, -0.2) is 9.97 Å². The van der Waals surface area contributed by atoms with Gasteiger partial charge in [-0.2, -0.15) is 5.10 Å². The minimum absolute atomic E-state index is 0.0265. The van der Waals surface area contributed by atoms with E-state index in [9.17, 15) is 9.90 Å². The van der Waals surface area contributed by atoms with Crippen LogP contribution in [0.15, 0.2) is 48.7 Å². The van der Waals surface area contributed by atoms with E-state index >= 15 is 0 Å². The lowest BCUT2D eigenvalue weighted by molar-refractivity contribution is 0.102. The summed E-state index contributed by atoms with van der Waals surface area (Å²) in [7, 11) is 1.81. The van der Waals surface area contributed by atoms with Crippen molar-refractivity contribution < 1.29 is 9.90 Å². The van der Waals surface area contributed by atoms with Crippen molar-refractivity contribution in [2.45, 2.75) is 6.04 Å². The summed E-state index contributed by atoms with van der Waals surface area (Å²) < 4.78 is 1.68. The zero-order chi connectivity index (χ0) is 22.1. The second-order valence-electron chi connectivity index (χ2n) is 7.78. The number of para-hydroxylation sites is 2. The van der Waals surface area contributed by atoms with E-state index in [1.54, 1.807) is 23.0 Å². The zero-order valence-corrected chi connectivity index (χ0v) is 17.6. The Kier molecular flexibility index (Phi) is 5.29. The highest BCUT2D eigenvalue weighted by Crippen LogP contribution is 2.23. The number of aryl methyl sites for hydroxylation is 1. The number of nitrogens with one attached hydrogen (secondary N) is 3. The second kappa shape index (κ2) is 8.40. The molecule has 1 unspecified atom stereocenters. The summed E-state index contributed by atoms with van der Waals surface area (Å²) >= 11 is 0. The molecule has 1 aliphatic rings. The van der Waals surface area contributed by atoms with Crippen LogP contribution >= 0.6 is 0 Å². The van der Waals surface area contributed by atoms with Crippen LogP contribution in [0.25, 0.3) is 22.6 Å². The number of pyridine rings is 1. The van der Waals surface area contributed by atoms with Crippen LogP contribution in [-0.2, 0) is 7.05 Å². The summed E-state index contributed by atoms with van der Waals surface area (Å²) in [5.74, 6) is 1.62. The molecule has 1 amide bonds. The van der Waals surface area contributed by atoms with Gasteiger partial charge in [0.1, 0.15) is 11.5 Å². The monoisotopic (exact) mass is 432 g/mol. The van der Waals surface area contributed by atoms with Crippen LogP contribution in [0.4, 0.5) is 11.6 Å². The summed E-state index contributed by atoms with van der Waals surface area (Å²) in [5.41, 5.74) is 3.02. The minimum atomic E-state index is -0.285. The van der Waals surface area contributed by atoms with Crippen LogP contribution in [0.3, 0.4) is 0 Å². The van der Waals surface area contributed by atoms with Crippen LogP contribution in [0, 0.1) is 0 Å². The molecule has 1 fully saturated rings. The fraction of sp³-hybridized carbons (Fsp3) is 0.273. The van der Waals surface area contributed by atoms with E-state index in [0.29, 0.717) is 23.8 Å². The van der Waals surface area contributed by atoms with E-state index in [1.807, 2.05) is 37.4 Å². The van der Waals surface area contributed by atoms with Crippen LogP contribution in [0.1, 0.15) is 10.4 Å². The van der Waals surface area contributed by atoms with Crippen LogP contribution in [0.2, 0.25) is 0 Å². The molecule has 0 bridgehead atoms. The number of nitrogens with zero attached hydrogens (tertiary/aromatic N) is 5. The topological polar surface area (TPSA) is 124 Å². The van der Waals surface area contributed by atoms with Crippen molar-refractivity contribution in [2.24, 2.45) is 7.05 Å². The number of amides is 1. The fourth-order valence-electron chi connectivity index (χ4n) is 3.88. The van der Waals surface area contributed by atoms with Gasteiger partial charge in [0.05, 0.1) is 23.2 Å². The van der Waals surface area contributed by atoms with Crippen molar-refractivity contribution in [3.63, 3.8) is 0 Å². The molecule has 0 radical (unpaired) electrons. The number of hydrogen-bond donors (Lipinski definition) is 4. The maximum atomic E-state index is 12.7. The average molecular weight is 432 g/mol. The number of aromatic nitrogens is 5. The molecular formula is C22H24N8O2. The number of aromatic amines is 1. The molecule has 0 spiro atoms. The molecular weight excluding hydrogens is 408 g/mol. The second-order valence-corrected chi connectivity index (χ2v) is 7.78. The number of carbonyl (C=O) groups is 1. The SMILES string of the molecule is Cn1nc(NC(=O)c2ccc(N3CCNC(CO)C3)nc2)cc1-c1nc2ccccc2[nH]1. The summed E-state index contributed by atoms with van der Waals surface area (Å²) in [4.78, 5) is 27.1. The number of aliphatic hydroxyl groups is 1. The number of H-pyrrole nitrogens is 1. The summed E-state index contributed by atoms with van der Waals surface area (Å²) in [6.07, 6.45) is 1.56. The number of hydrogen-bond acceptors (Lipinski definition) is 7. The molecule has 0 saturated carbocycles. The molecule has 10 heteroatoms. The molecule has 1 aromatic carbocycles. The van der Waals surface area contributed by atoms with E-state index in [0.717, 1.165) is 35.6 Å². The van der Waals surface area contributed by atoms with Gasteiger partial charge in [-0.15, -0.1) is 0 Å². The van der Waals surface area contributed by atoms with E-state index in [1.165, 1.54) is 0 Å². The molecule has 5 rings (SSSR count). The van der Waals surface area contributed by atoms with E-state index in [4.69, 9.17) is 0 Å². The van der Waals surface area contributed by atoms with Gasteiger partial charge in [0.2, 0.25) is 0 Å². The highest BCUT2D eigenvalue weighted by molar-refractivity contribution is 6.03. The number of fused-ring (bicyclic) bond motifs is 1. The van der Waals surface area contributed by atoms with Gasteiger partial charge in [-0.3, -0.25) is 9.48 Å². The number of benzene rings is 1. The Bertz CT molecular complexity index is 1210. The quantitative estimate of drug-likeness (QED) is 0.376. The predicted molar refractivity (Wildman–Crippen MR) is 122 cm³/mol. The summed E-state index contributed by atoms with van der Waals surface area (Å²) in [6.45, 7) is 2.33. The summed E-state index contributed by atoms with van der Waals surface area (Å²) in [5, 5.41) is 19.8. The third kappa shape index (κ3) is 3.93. The molecule has 164 valence electrons. The molecule has 1 saturated heterocycles. The number of anilines is 2. The first-order valence-electron chi connectivity index (χ1n) is 10.5. The highest BCUT2D eigenvalue weighted by Gasteiger charge is 2.20. The average Bonchev–Trinajstić information content (AvgIpc) is 3.42. The molecule has 0 aliphatic carbocycles. The highest BCUT2D eigenvalue weighted by atomic mass is 16.3. The zero-order valence-electron chi connectivity index (χ0n) is 17.6. The molecule has 10 nitrogen and oxygen atoms in total. The Hall–Kier alpha value is -3.76. The van der Waals surface area contributed by atoms with Gasteiger partial charge in [-0.1, -0.05) is 12.1 Å². The Morgan fingerprint density at radius 3 is 2.94 bits per heavy atom. The molecule has 4 heterocycles. The van der Waals surface area contributed by atoms with Gasteiger partial charge in [0.15, 0.2) is 11.6 Å². The maximum Gasteiger partial charge on any atom is 0.258 e. The van der Waals surface area contributed by atoms with Crippen molar-refractivity contribution in [1.82, 2.24) is 30.0 Å². The van der Waals surface area contributed by atoms with Gasteiger partial charge in [-0.05, 0) is 24.3 Å². The Morgan fingerprint density at radius 1 is 1.28 bits per heavy atom. The smallest absolute Gasteiger partial charge is 0.258 e. The first kappa shape index (κ1) is 20.2. The van der Waals surface area contributed by atoms with Gasteiger partial charge < -0.3 is 25.6 Å². The molecule has 1 aliphatic heterocycles. The molecule has 3 aromatic heterocycles. The van der Waals surface area contributed by atoms with Gasteiger partial charge in [0.25, 0.3) is 5.91 Å². The van der Waals surface area contributed by atoms with Crippen molar-refractivity contribution in [1.29, 1.82) is 0 Å². The minimum Gasteiger partial charge on any atom is -0.395 e. The number of carbonyl (C=O) groups excluding carboxylic acids is 1. The van der Waals surface area contributed by atoms with Crippen LogP contribution in [-0.4, -0.2) is 68.0 Å². The number of imidazole rings is 1. The van der Waals surface area contributed by atoms with E-state index in [2.05, 4.69) is 35.6 Å². The first-order valence-corrected chi connectivity index (χ1v) is 10.5. The standard InChI is InChI=1S/C22H24N8O2/c1-29-18(21-25-16-4-2-3-5-17(16)26-21)10-19(28-29)27-22(32)14-6-7-20(24-11-14)30-9-8-23-15(12-30)13-31/h2-7,10-11,15,23,31H,8-9,12-13H2,1H3,(H,25,26)(H,27,28,32). The maximum absolute atomic E-state index is 12.7. The molecule has 32 heavy (non-hydrogen) atoms. The molecule has 1 atom stereocenters. The van der Waals surface area contributed by atoms with E-state index < -0.39 is 0 Å². The fourth-order valence-corrected chi connectivity index (χ4v) is 3.88. The van der Waals surface area contributed by atoms with Crippen molar-refractivity contribution in [3.8, 4) is 11.5 Å². The van der Waals surface area contributed by atoms with Gasteiger partial charge in [0, 0.05) is 45.0 Å². The van der Waals surface area contributed by atoms with Crippen molar-refractivity contribution in [2.75, 3.05) is 36.5 Å². The first-order chi connectivity index (χ1) is 15.6. The number of rotatable bonds is 5. The van der Waals surface area contributed by atoms with Crippen molar-refractivity contribution >= 4 is 28.6 Å². The third-order valence-corrected chi connectivity index (χ3v) is 5.56. The predicted octanol–water partition coefficient (Wildman–Crippen LogP) is 1.38. The Morgan fingerprint density at radius 2 is 2.16 bits per heavy atom. The lowest BCUT2D eigenvalue weighted by atomic mass is 10.2. The molecule has 4 aromatic rings. The van der Waals surface area contributed by atoms with Crippen molar-refractivity contribution in [3.05, 3.63) is 54.2 Å². The summed E-state index contributed by atoms with van der Waals surface area (Å²) in [6, 6.07) is 13.2. The lowest BCUT2D eigenvalue weighted by Gasteiger charge is -2.33. The Labute approximate surface area is 184 Å². The van der Waals surface area contributed by atoms with Gasteiger partial charge >= 0.3 is 0 Å². The largest absolute Gasteiger partial charge is 0.395 e. The lowest BCUT2D eigenvalue weighted by Crippen LogP contribution is -2.52. The number of aliphatic hydroxyl groups excluding tert-OH is 1. The normalized spacial score (nSPS) is 16.4. The van der Waals surface area contributed by atoms with E-state index in [-0.39, 0.29) is 18.6 Å². The third-order valence-electron chi connectivity index (χ3n) is 5.56. The molecule has 4 N–H and O–H groups in total. The Balaban J connectivity index is 1.29. The number of piperazine rings is 1. The van der Waals surface area contributed by atoms with Crippen LogP contribution < -0.4 is 15.5 Å². The van der Waals surface area contributed by atoms with Crippen LogP contribution in [0.5, 0.6) is 0 Å².